The Hall–Kier alpha value is -1.44. The standard InChI is InChI=1S/C9H8F5NO2/c1-17-5-2-6(9(12,13)14)15-7(8(10)11)4(5)3-16/h2,8,16H,3H2,1H3. The molecule has 0 aliphatic rings. The summed E-state index contributed by atoms with van der Waals surface area (Å²) in [5.74, 6) is -0.467. The summed E-state index contributed by atoms with van der Waals surface area (Å²) >= 11 is 0. The second-order valence-electron chi connectivity index (χ2n) is 3.03. The average Bonchev–Trinajstić information content (AvgIpc) is 2.25. The van der Waals surface area contributed by atoms with E-state index in [1.54, 1.807) is 0 Å². The van der Waals surface area contributed by atoms with E-state index < -0.39 is 41.9 Å². The molecule has 17 heavy (non-hydrogen) atoms. The molecule has 0 radical (unpaired) electrons. The minimum absolute atomic E-state index is 0.449. The third-order valence-corrected chi connectivity index (χ3v) is 1.99. The first-order valence-corrected chi connectivity index (χ1v) is 4.35. The molecule has 0 saturated carbocycles. The number of hydrogen-bond donors (Lipinski definition) is 1. The number of aromatic nitrogens is 1. The van der Waals surface area contributed by atoms with Crippen molar-refractivity contribution < 1.29 is 31.8 Å². The fourth-order valence-corrected chi connectivity index (χ4v) is 1.23. The maximum Gasteiger partial charge on any atom is 0.433 e. The van der Waals surface area contributed by atoms with Crippen LogP contribution in [0.1, 0.15) is 23.4 Å². The molecule has 0 aliphatic heterocycles. The van der Waals surface area contributed by atoms with Crippen molar-refractivity contribution in [2.75, 3.05) is 7.11 Å². The topological polar surface area (TPSA) is 42.4 Å². The zero-order valence-corrected chi connectivity index (χ0v) is 8.55. The Morgan fingerprint density at radius 3 is 2.35 bits per heavy atom. The third kappa shape index (κ3) is 2.82. The zero-order chi connectivity index (χ0) is 13.2. The Morgan fingerprint density at radius 1 is 1.41 bits per heavy atom. The number of aliphatic hydroxyl groups is 1. The van der Waals surface area contributed by atoms with Gasteiger partial charge in [-0.05, 0) is 0 Å². The molecular formula is C9H8F5NO2. The van der Waals surface area contributed by atoms with Gasteiger partial charge in [-0.15, -0.1) is 0 Å². The number of hydrogen-bond acceptors (Lipinski definition) is 3. The fraction of sp³-hybridized carbons (Fsp3) is 0.444. The molecule has 0 aliphatic carbocycles. The number of pyridine rings is 1. The van der Waals surface area contributed by atoms with E-state index in [0.717, 1.165) is 7.11 Å². The normalized spacial score (nSPS) is 12.0. The summed E-state index contributed by atoms with van der Waals surface area (Å²) < 4.78 is 66.6. The van der Waals surface area contributed by atoms with Gasteiger partial charge in [0.25, 0.3) is 6.43 Å². The van der Waals surface area contributed by atoms with Gasteiger partial charge in [-0.1, -0.05) is 0 Å². The van der Waals surface area contributed by atoms with Crippen molar-refractivity contribution in [3.05, 3.63) is 23.0 Å². The van der Waals surface area contributed by atoms with Crippen LogP contribution >= 0.6 is 0 Å². The SMILES string of the molecule is COc1cc(C(F)(F)F)nc(C(F)F)c1CO. The molecule has 3 nitrogen and oxygen atoms in total. The van der Waals surface area contributed by atoms with E-state index in [4.69, 9.17) is 5.11 Å². The summed E-state index contributed by atoms with van der Waals surface area (Å²) in [5, 5.41) is 8.84. The molecule has 1 aromatic rings. The van der Waals surface area contributed by atoms with E-state index in [-0.39, 0.29) is 0 Å². The number of nitrogens with zero attached hydrogens (tertiary/aromatic N) is 1. The molecular weight excluding hydrogens is 249 g/mol. The van der Waals surface area contributed by atoms with Crippen LogP contribution in [0.4, 0.5) is 22.0 Å². The van der Waals surface area contributed by atoms with Crippen molar-refractivity contribution in [1.82, 2.24) is 4.98 Å². The predicted octanol–water partition coefficient (Wildman–Crippen LogP) is 2.54. The summed E-state index contributed by atoms with van der Waals surface area (Å²) in [4.78, 5) is 2.81. The summed E-state index contributed by atoms with van der Waals surface area (Å²) in [7, 11) is 1.02. The highest BCUT2D eigenvalue weighted by Gasteiger charge is 2.35. The number of aliphatic hydroxyl groups excluding tert-OH is 1. The van der Waals surface area contributed by atoms with Gasteiger partial charge in [0.05, 0.1) is 13.7 Å². The van der Waals surface area contributed by atoms with Crippen molar-refractivity contribution in [3.8, 4) is 5.75 Å². The predicted molar refractivity (Wildman–Crippen MR) is 46.7 cm³/mol. The van der Waals surface area contributed by atoms with Crippen molar-refractivity contribution >= 4 is 0 Å². The Labute approximate surface area is 92.8 Å². The van der Waals surface area contributed by atoms with Gasteiger partial charge in [-0.3, -0.25) is 0 Å². The Morgan fingerprint density at radius 2 is 2.00 bits per heavy atom. The molecule has 1 rings (SSSR count). The van der Waals surface area contributed by atoms with Gasteiger partial charge in [0, 0.05) is 11.6 Å². The van der Waals surface area contributed by atoms with Crippen molar-refractivity contribution in [3.63, 3.8) is 0 Å². The first-order valence-electron chi connectivity index (χ1n) is 4.35. The van der Waals surface area contributed by atoms with Gasteiger partial charge >= 0.3 is 6.18 Å². The lowest BCUT2D eigenvalue weighted by molar-refractivity contribution is -0.141. The molecule has 0 amide bonds. The van der Waals surface area contributed by atoms with Crippen molar-refractivity contribution in [1.29, 1.82) is 0 Å². The smallest absolute Gasteiger partial charge is 0.433 e. The summed E-state index contributed by atoms with van der Waals surface area (Å²) in [6.07, 6.45) is -8.08. The van der Waals surface area contributed by atoms with E-state index in [2.05, 4.69) is 9.72 Å². The van der Waals surface area contributed by atoms with E-state index in [9.17, 15) is 22.0 Å². The third-order valence-electron chi connectivity index (χ3n) is 1.99. The Balaban J connectivity index is 3.46. The number of ether oxygens (including phenoxy) is 1. The van der Waals surface area contributed by atoms with E-state index in [1.165, 1.54) is 0 Å². The second-order valence-corrected chi connectivity index (χ2v) is 3.03. The number of methoxy groups -OCH3 is 1. The van der Waals surface area contributed by atoms with Crippen molar-refractivity contribution in [2.45, 2.75) is 19.2 Å². The highest BCUT2D eigenvalue weighted by atomic mass is 19.4. The van der Waals surface area contributed by atoms with E-state index in [0.29, 0.717) is 6.07 Å². The monoisotopic (exact) mass is 257 g/mol. The van der Waals surface area contributed by atoms with Crippen LogP contribution in [0, 0.1) is 0 Å². The molecule has 1 aromatic heterocycles. The largest absolute Gasteiger partial charge is 0.496 e. The molecule has 0 fully saturated rings. The first-order chi connectivity index (χ1) is 7.81. The minimum atomic E-state index is -4.86. The molecule has 1 heterocycles. The molecule has 0 unspecified atom stereocenters. The van der Waals surface area contributed by atoms with Crippen LogP contribution in [0.5, 0.6) is 5.75 Å². The van der Waals surface area contributed by atoms with E-state index >= 15 is 0 Å². The van der Waals surface area contributed by atoms with Crippen LogP contribution in [0.25, 0.3) is 0 Å². The maximum absolute atomic E-state index is 12.5. The van der Waals surface area contributed by atoms with Crippen LogP contribution in [0.2, 0.25) is 0 Å². The van der Waals surface area contributed by atoms with Gasteiger partial charge < -0.3 is 9.84 Å². The van der Waals surface area contributed by atoms with Crippen LogP contribution in [0.15, 0.2) is 6.07 Å². The van der Waals surface area contributed by atoms with Gasteiger partial charge in [-0.25, -0.2) is 13.8 Å². The van der Waals surface area contributed by atoms with Gasteiger partial charge in [0.2, 0.25) is 0 Å². The zero-order valence-electron chi connectivity index (χ0n) is 8.55. The molecule has 96 valence electrons. The number of rotatable bonds is 3. The average molecular weight is 257 g/mol. The van der Waals surface area contributed by atoms with Crippen LogP contribution < -0.4 is 4.74 Å². The van der Waals surface area contributed by atoms with Gasteiger partial charge in [0.1, 0.15) is 17.1 Å². The highest BCUT2D eigenvalue weighted by molar-refractivity contribution is 5.39. The first kappa shape index (κ1) is 13.6. The van der Waals surface area contributed by atoms with Crippen LogP contribution in [-0.4, -0.2) is 17.2 Å². The number of alkyl halides is 5. The number of halogens is 5. The lowest BCUT2D eigenvalue weighted by atomic mass is 10.1. The highest BCUT2D eigenvalue weighted by Crippen LogP contribution is 2.35. The quantitative estimate of drug-likeness (QED) is 0.846. The van der Waals surface area contributed by atoms with Crippen LogP contribution in [0.3, 0.4) is 0 Å². The lowest BCUT2D eigenvalue weighted by Gasteiger charge is -2.14. The molecule has 0 saturated heterocycles. The summed E-state index contributed by atoms with van der Waals surface area (Å²) in [6.45, 7) is -0.881. The molecule has 1 N–H and O–H groups in total. The molecule has 0 atom stereocenters. The second kappa shape index (κ2) is 4.82. The van der Waals surface area contributed by atoms with E-state index in [1.807, 2.05) is 0 Å². The van der Waals surface area contributed by atoms with Gasteiger partial charge in [-0.2, -0.15) is 13.2 Å². The van der Waals surface area contributed by atoms with Crippen LogP contribution in [-0.2, 0) is 12.8 Å². The molecule has 8 heteroatoms. The lowest BCUT2D eigenvalue weighted by Crippen LogP contribution is -2.13. The Bertz CT molecular complexity index is 405. The molecule has 0 aromatic carbocycles. The minimum Gasteiger partial charge on any atom is -0.496 e. The molecule has 0 bridgehead atoms. The summed E-state index contributed by atoms with van der Waals surface area (Å²) in [5.41, 5.74) is -3.06. The summed E-state index contributed by atoms with van der Waals surface area (Å²) in [6, 6.07) is 0.470. The maximum atomic E-state index is 12.5. The van der Waals surface area contributed by atoms with Crippen molar-refractivity contribution in [2.24, 2.45) is 0 Å². The fourth-order valence-electron chi connectivity index (χ4n) is 1.23. The van der Waals surface area contributed by atoms with Gasteiger partial charge in [0.15, 0.2) is 0 Å². The Kier molecular flexibility index (Phi) is 3.87. The molecule has 0 spiro atoms.